The Morgan fingerprint density at radius 1 is 1.21 bits per heavy atom. The summed E-state index contributed by atoms with van der Waals surface area (Å²) in [6.45, 7) is 10.3. The molecule has 1 fully saturated rings. The first-order chi connectivity index (χ1) is 9.21. The highest BCUT2D eigenvalue weighted by Crippen LogP contribution is 2.10. The highest BCUT2D eigenvalue weighted by molar-refractivity contribution is 5.77. The summed E-state index contributed by atoms with van der Waals surface area (Å²) >= 11 is 0. The number of hydrogen-bond acceptors (Lipinski definition) is 4. The second-order valence-corrected chi connectivity index (χ2v) is 5.34. The molecule has 112 valence electrons. The molecule has 0 aliphatic carbocycles. The molecule has 1 aliphatic rings. The minimum atomic E-state index is 0.152. The molecule has 5 heteroatoms. The third kappa shape index (κ3) is 5.89. The van der Waals surface area contributed by atoms with Gasteiger partial charge in [0.1, 0.15) is 0 Å². The van der Waals surface area contributed by atoms with Gasteiger partial charge >= 0.3 is 0 Å². The number of nitrogens with two attached hydrogens (primary N) is 1. The number of carbonyl (C=O) groups is 1. The Labute approximate surface area is 117 Å². The summed E-state index contributed by atoms with van der Waals surface area (Å²) in [6.07, 6.45) is 3.35. The summed E-state index contributed by atoms with van der Waals surface area (Å²) in [5.41, 5.74) is 5.84. The molecule has 0 saturated carbocycles. The summed E-state index contributed by atoms with van der Waals surface area (Å²) in [6, 6.07) is 0.515. The molecule has 0 aromatic carbocycles. The van der Waals surface area contributed by atoms with Crippen LogP contribution in [0, 0.1) is 0 Å². The molecule has 0 aromatic rings. The van der Waals surface area contributed by atoms with E-state index in [4.69, 9.17) is 5.73 Å². The number of hydrogen-bond donors (Lipinski definition) is 2. The quantitative estimate of drug-likeness (QED) is 0.664. The summed E-state index contributed by atoms with van der Waals surface area (Å²) in [5, 5.41) is 2.93. The molecule has 1 aliphatic heterocycles. The largest absolute Gasteiger partial charge is 0.355 e. The lowest BCUT2D eigenvalue weighted by Crippen LogP contribution is -2.53. The molecular weight excluding hydrogens is 240 g/mol. The first-order valence-corrected chi connectivity index (χ1v) is 7.64. The number of amides is 1. The van der Waals surface area contributed by atoms with E-state index in [-0.39, 0.29) is 5.91 Å². The molecule has 5 nitrogen and oxygen atoms in total. The topological polar surface area (TPSA) is 61.6 Å². The van der Waals surface area contributed by atoms with E-state index >= 15 is 0 Å². The van der Waals surface area contributed by atoms with Gasteiger partial charge in [0, 0.05) is 45.3 Å². The molecule has 1 rings (SSSR count). The summed E-state index contributed by atoms with van der Waals surface area (Å²) in [7, 11) is 0. The van der Waals surface area contributed by atoms with Gasteiger partial charge in [-0.05, 0) is 12.8 Å². The van der Waals surface area contributed by atoms with E-state index in [0.29, 0.717) is 12.6 Å². The lowest BCUT2D eigenvalue weighted by molar-refractivity contribution is -0.122. The zero-order valence-corrected chi connectivity index (χ0v) is 12.5. The van der Waals surface area contributed by atoms with Crippen LogP contribution in [0.2, 0.25) is 0 Å². The average Bonchev–Trinajstić information content (AvgIpc) is 2.43. The van der Waals surface area contributed by atoms with Gasteiger partial charge in [0.2, 0.25) is 5.91 Å². The fourth-order valence-electron chi connectivity index (χ4n) is 2.59. The molecule has 1 unspecified atom stereocenters. The SMILES string of the molecule is CCCNC(=O)CN1CCN(C(CN)CCC)CC1. The zero-order chi connectivity index (χ0) is 14.1. The third-order valence-corrected chi connectivity index (χ3v) is 3.76. The van der Waals surface area contributed by atoms with Crippen LogP contribution in [-0.4, -0.2) is 67.6 Å². The van der Waals surface area contributed by atoms with Gasteiger partial charge in [0.25, 0.3) is 0 Å². The molecule has 0 bridgehead atoms. The monoisotopic (exact) mass is 270 g/mol. The van der Waals surface area contributed by atoms with Crippen molar-refractivity contribution in [2.24, 2.45) is 5.73 Å². The van der Waals surface area contributed by atoms with Crippen LogP contribution in [0.4, 0.5) is 0 Å². The standard InChI is InChI=1S/C14H30N4O/c1-3-5-13(11-15)18-9-7-17(8-10-18)12-14(19)16-6-4-2/h13H,3-12,15H2,1-2H3,(H,16,19). The van der Waals surface area contributed by atoms with Crippen molar-refractivity contribution < 1.29 is 4.79 Å². The van der Waals surface area contributed by atoms with Gasteiger partial charge in [-0.1, -0.05) is 20.3 Å². The predicted octanol–water partition coefficient (Wildman–Crippen LogP) is 0.258. The molecule has 1 atom stereocenters. The molecule has 1 saturated heterocycles. The average molecular weight is 270 g/mol. The Bertz CT molecular complexity index is 252. The number of nitrogens with one attached hydrogen (secondary N) is 1. The predicted molar refractivity (Wildman–Crippen MR) is 79.1 cm³/mol. The van der Waals surface area contributed by atoms with Gasteiger partial charge in [-0.15, -0.1) is 0 Å². The number of rotatable bonds is 8. The van der Waals surface area contributed by atoms with Crippen LogP contribution in [0.1, 0.15) is 33.1 Å². The Morgan fingerprint density at radius 3 is 2.42 bits per heavy atom. The van der Waals surface area contributed by atoms with E-state index in [1.807, 2.05) is 0 Å². The molecule has 19 heavy (non-hydrogen) atoms. The van der Waals surface area contributed by atoms with Gasteiger partial charge in [-0.25, -0.2) is 0 Å². The number of piperazine rings is 1. The van der Waals surface area contributed by atoms with Crippen molar-refractivity contribution >= 4 is 5.91 Å². The smallest absolute Gasteiger partial charge is 0.234 e. The van der Waals surface area contributed by atoms with Gasteiger partial charge in [0.15, 0.2) is 0 Å². The van der Waals surface area contributed by atoms with E-state index in [0.717, 1.165) is 45.7 Å². The lowest BCUT2D eigenvalue weighted by atomic mass is 10.1. The first-order valence-electron chi connectivity index (χ1n) is 7.64. The Morgan fingerprint density at radius 2 is 1.89 bits per heavy atom. The van der Waals surface area contributed by atoms with E-state index in [1.54, 1.807) is 0 Å². The second-order valence-electron chi connectivity index (χ2n) is 5.34. The number of nitrogens with zero attached hydrogens (tertiary/aromatic N) is 2. The van der Waals surface area contributed by atoms with Gasteiger partial charge in [-0.3, -0.25) is 14.6 Å². The molecule has 1 heterocycles. The normalized spacial score (nSPS) is 19.3. The Hall–Kier alpha value is -0.650. The van der Waals surface area contributed by atoms with Crippen LogP contribution in [0.25, 0.3) is 0 Å². The number of carbonyl (C=O) groups excluding carboxylic acids is 1. The van der Waals surface area contributed by atoms with Gasteiger partial charge in [-0.2, -0.15) is 0 Å². The molecule has 0 radical (unpaired) electrons. The fraction of sp³-hybridized carbons (Fsp3) is 0.929. The Kier molecular flexibility index (Phi) is 8.02. The van der Waals surface area contributed by atoms with Crippen molar-refractivity contribution in [3.8, 4) is 0 Å². The van der Waals surface area contributed by atoms with Gasteiger partial charge in [0.05, 0.1) is 6.54 Å². The van der Waals surface area contributed by atoms with Crippen LogP contribution in [0.5, 0.6) is 0 Å². The van der Waals surface area contributed by atoms with E-state index < -0.39 is 0 Å². The summed E-state index contributed by atoms with van der Waals surface area (Å²) < 4.78 is 0. The molecule has 1 amide bonds. The maximum atomic E-state index is 11.7. The van der Waals surface area contributed by atoms with Crippen LogP contribution >= 0.6 is 0 Å². The first kappa shape index (κ1) is 16.4. The van der Waals surface area contributed by atoms with Crippen LogP contribution in [0.3, 0.4) is 0 Å². The van der Waals surface area contributed by atoms with Crippen molar-refractivity contribution in [3.05, 3.63) is 0 Å². The maximum absolute atomic E-state index is 11.7. The van der Waals surface area contributed by atoms with Crippen LogP contribution in [-0.2, 0) is 4.79 Å². The Balaban J connectivity index is 2.26. The van der Waals surface area contributed by atoms with Gasteiger partial charge < -0.3 is 11.1 Å². The highest BCUT2D eigenvalue weighted by atomic mass is 16.2. The van der Waals surface area contributed by atoms with Crippen molar-refractivity contribution in [1.29, 1.82) is 0 Å². The van der Waals surface area contributed by atoms with Crippen molar-refractivity contribution in [2.75, 3.05) is 45.8 Å². The van der Waals surface area contributed by atoms with Crippen molar-refractivity contribution in [3.63, 3.8) is 0 Å². The zero-order valence-electron chi connectivity index (χ0n) is 12.5. The van der Waals surface area contributed by atoms with E-state index in [2.05, 4.69) is 29.0 Å². The van der Waals surface area contributed by atoms with Crippen LogP contribution in [0.15, 0.2) is 0 Å². The van der Waals surface area contributed by atoms with E-state index in [9.17, 15) is 4.79 Å². The molecule has 0 spiro atoms. The van der Waals surface area contributed by atoms with Crippen LogP contribution < -0.4 is 11.1 Å². The van der Waals surface area contributed by atoms with Crippen molar-refractivity contribution in [1.82, 2.24) is 15.1 Å². The lowest BCUT2D eigenvalue weighted by Gasteiger charge is -2.38. The minimum Gasteiger partial charge on any atom is -0.355 e. The molecule has 3 N–H and O–H groups in total. The maximum Gasteiger partial charge on any atom is 0.234 e. The third-order valence-electron chi connectivity index (χ3n) is 3.76. The fourth-order valence-corrected chi connectivity index (χ4v) is 2.59. The highest BCUT2D eigenvalue weighted by Gasteiger charge is 2.23. The molecule has 0 aromatic heterocycles. The van der Waals surface area contributed by atoms with E-state index in [1.165, 1.54) is 12.8 Å². The second kappa shape index (κ2) is 9.28. The summed E-state index contributed by atoms with van der Waals surface area (Å²) in [4.78, 5) is 16.4. The minimum absolute atomic E-state index is 0.152. The molecular formula is C14H30N4O. The van der Waals surface area contributed by atoms with Crippen molar-refractivity contribution in [2.45, 2.75) is 39.2 Å². The summed E-state index contributed by atoms with van der Waals surface area (Å²) in [5.74, 6) is 0.152.